The Labute approximate surface area is 93.4 Å². The molecule has 1 aliphatic carbocycles. The summed E-state index contributed by atoms with van der Waals surface area (Å²) in [4.78, 5) is 0. The SMILES string of the molecule is CNCc1oc2ccc(F)cc2c1C1CC1. The summed E-state index contributed by atoms with van der Waals surface area (Å²) in [6.07, 6.45) is 2.39. The summed E-state index contributed by atoms with van der Waals surface area (Å²) >= 11 is 0. The van der Waals surface area contributed by atoms with Gasteiger partial charge in [-0.25, -0.2) is 4.39 Å². The van der Waals surface area contributed by atoms with Crippen molar-refractivity contribution in [2.75, 3.05) is 7.05 Å². The minimum atomic E-state index is -0.189. The van der Waals surface area contributed by atoms with E-state index in [0.29, 0.717) is 12.5 Å². The van der Waals surface area contributed by atoms with Crippen molar-refractivity contribution in [2.45, 2.75) is 25.3 Å². The monoisotopic (exact) mass is 219 g/mol. The van der Waals surface area contributed by atoms with Gasteiger partial charge in [-0.3, -0.25) is 0 Å². The van der Waals surface area contributed by atoms with Crippen LogP contribution in [0.2, 0.25) is 0 Å². The van der Waals surface area contributed by atoms with Crippen molar-refractivity contribution in [3.63, 3.8) is 0 Å². The molecule has 1 saturated carbocycles. The Morgan fingerprint density at radius 2 is 2.25 bits per heavy atom. The number of benzene rings is 1. The van der Waals surface area contributed by atoms with Crippen LogP contribution in [0.3, 0.4) is 0 Å². The van der Waals surface area contributed by atoms with Crippen molar-refractivity contribution in [3.8, 4) is 0 Å². The van der Waals surface area contributed by atoms with Crippen LogP contribution in [0.4, 0.5) is 4.39 Å². The van der Waals surface area contributed by atoms with Crippen molar-refractivity contribution in [3.05, 3.63) is 35.3 Å². The normalized spacial score (nSPS) is 15.9. The summed E-state index contributed by atoms with van der Waals surface area (Å²) in [5.74, 6) is 1.35. The van der Waals surface area contributed by atoms with Gasteiger partial charge >= 0.3 is 0 Å². The second-order valence-corrected chi connectivity index (χ2v) is 4.38. The third kappa shape index (κ3) is 1.52. The Morgan fingerprint density at radius 3 is 2.94 bits per heavy atom. The zero-order valence-corrected chi connectivity index (χ0v) is 9.22. The minimum Gasteiger partial charge on any atom is -0.459 e. The highest BCUT2D eigenvalue weighted by Gasteiger charge is 2.30. The molecule has 0 spiro atoms. The number of fused-ring (bicyclic) bond motifs is 1. The van der Waals surface area contributed by atoms with Crippen LogP contribution in [-0.4, -0.2) is 7.05 Å². The highest BCUT2D eigenvalue weighted by Crippen LogP contribution is 2.46. The molecule has 1 aromatic heterocycles. The Kier molecular flexibility index (Phi) is 2.21. The van der Waals surface area contributed by atoms with Crippen LogP contribution in [0.15, 0.2) is 22.6 Å². The van der Waals surface area contributed by atoms with Gasteiger partial charge < -0.3 is 9.73 Å². The number of furan rings is 1. The molecule has 1 N–H and O–H groups in total. The maximum absolute atomic E-state index is 13.2. The molecule has 0 aliphatic heterocycles. The van der Waals surface area contributed by atoms with Gasteiger partial charge in [0.15, 0.2) is 0 Å². The number of hydrogen-bond donors (Lipinski definition) is 1. The molecular weight excluding hydrogens is 205 g/mol. The second-order valence-electron chi connectivity index (χ2n) is 4.38. The third-order valence-corrected chi connectivity index (χ3v) is 3.09. The molecule has 0 bridgehead atoms. The predicted octanol–water partition coefficient (Wildman–Crippen LogP) is 3.17. The van der Waals surface area contributed by atoms with E-state index in [-0.39, 0.29) is 5.82 Å². The van der Waals surface area contributed by atoms with Gasteiger partial charge in [-0.15, -0.1) is 0 Å². The molecule has 2 nitrogen and oxygen atoms in total. The highest BCUT2D eigenvalue weighted by atomic mass is 19.1. The fourth-order valence-electron chi connectivity index (χ4n) is 2.25. The van der Waals surface area contributed by atoms with Crippen molar-refractivity contribution < 1.29 is 8.81 Å². The van der Waals surface area contributed by atoms with Crippen LogP contribution in [-0.2, 0) is 6.54 Å². The van der Waals surface area contributed by atoms with Gasteiger partial charge in [0.25, 0.3) is 0 Å². The molecule has 2 aromatic rings. The first-order valence-corrected chi connectivity index (χ1v) is 5.65. The molecule has 0 unspecified atom stereocenters. The zero-order chi connectivity index (χ0) is 11.1. The summed E-state index contributed by atoms with van der Waals surface area (Å²) in [5.41, 5.74) is 2.01. The smallest absolute Gasteiger partial charge is 0.134 e. The number of hydrogen-bond acceptors (Lipinski definition) is 2. The van der Waals surface area contributed by atoms with E-state index >= 15 is 0 Å². The average Bonchev–Trinajstić information content (AvgIpc) is 3.02. The Balaban J connectivity index is 2.21. The standard InChI is InChI=1S/C13H14FNO/c1-15-7-12-13(8-2-3-8)10-6-9(14)4-5-11(10)16-12/h4-6,8,15H,2-3,7H2,1H3. The van der Waals surface area contributed by atoms with Crippen LogP contribution < -0.4 is 5.32 Å². The lowest BCUT2D eigenvalue weighted by Gasteiger charge is -1.99. The van der Waals surface area contributed by atoms with E-state index in [2.05, 4.69) is 5.32 Å². The van der Waals surface area contributed by atoms with Gasteiger partial charge in [0, 0.05) is 10.9 Å². The van der Waals surface area contributed by atoms with E-state index in [0.717, 1.165) is 16.7 Å². The van der Waals surface area contributed by atoms with E-state index in [9.17, 15) is 4.39 Å². The number of halogens is 1. The van der Waals surface area contributed by atoms with E-state index in [1.165, 1.54) is 24.5 Å². The van der Waals surface area contributed by atoms with E-state index in [1.54, 1.807) is 12.1 Å². The van der Waals surface area contributed by atoms with Crippen molar-refractivity contribution in [1.82, 2.24) is 5.32 Å². The highest BCUT2D eigenvalue weighted by molar-refractivity contribution is 5.83. The lowest BCUT2D eigenvalue weighted by atomic mass is 10.1. The fourth-order valence-corrected chi connectivity index (χ4v) is 2.25. The molecule has 3 heteroatoms. The molecule has 0 radical (unpaired) electrons. The maximum atomic E-state index is 13.2. The van der Waals surface area contributed by atoms with Crippen LogP contribution in [0.25, 0.3) is 11.0 Å². The molecule has 0 amide bonds. The van der Waals surface area contributed by atoms with Gasteiger partial charge in [-0.05, 0) is 44.0 Å². The Bertz CT molecular complexity index is 528. The first-order chi connectivity index (χ1) is 7.79. The molecule has 1 aromatic carbocycles. The van der Waals surface area contributed by atoms with Crippen molar-refractivity contribution in [1.29, 1.82) is 0 Å². The molecule has 1 aliphatic rings. The summed E-state index contributed by atoms with van der Waals surface area (Å²) in [6, 6.07) is 4.76. The minimum absolute atomic E-state index is 0.189. The second kappa shape index (κ2) is 3.59. The quantitative estimate of drug-likeness (QED) is 0.857. The number of nitrogens with one attached hydrogen (secondary N) is 1. The molecule has 1 fully saturated rings. The van der Waals surface area contributed by atoms with E-state index in [4.69, 9.17) is 4.42 Å². The number of rotatable bonds is 3. The molecule has 0 atom stereocenters. The summed E-state index contributed by atoms with van der Waals surface area (Å²) < 4.78 is 19.0. The summed E-state index contributed by atoms with van der Waals surface area (Å²) in [7, 11) is 1.89. The Morgan fingerprint density at radius 1 is 1.44 bits per heavy atom. The first kappa shape index (κ1) is 9.85. The topological polar surface area (TPSA) is 25.2 Å². The van der Waals surface area contributed by atoms with Crippen molar-refractivity contribution >= 4 is 11.0 Å². The van der Waals surface area contributed by atoms with Gasteiger partial charge in [0.2, 0.25) is 0 Å². The van der Waals surface area contributed by atoms with Crippen LogP contribution in [0, 0.1) is 5.82 Å². The van der Waals surface area contributed by atoms with Gasteiger partial charge in [0.05, 0.1) is 6.54 Å². The molecule has 3 rings (SSSR count). The largest absolute Gasteiger partial charge is 0.459 e. The van der Waals surface area contributed by atoms with Crippen LogP contribution >= 0.6 is 0 Å². The molecule has 1 heterocycles. The van der Waals surface area contributed by atoms with Gasteiger partial charge in [0.1, 0.15) is 17.2 Å². The molecule has 0 saturated heterocycles. The summed E-state index contributed by atoms with van der Waals surface area (Å²) in [5, 5.41) is 4.05. The maximum Gasteiger partial charge on any atom is 0.134 e. The molecule has 84 valence electrons. The Hall–Kier alpha value is -1.35. The zero-order valence-electron chi connectivity index (χ0n) is 9.22. The van der Waals surface area contributed by atoms with Crippen LogP contribution in [0.5, 0.6) is 0 Å². The molecular formula is C13H14FNO. The molecule has 16 heavy (non-hydrogen) atoms. The van der Waals surface area contributed by atoms with Crippen LogP contribution in [0.1, 0.15) is 30.1 Å². The lowest BCUT2D eigenvalue weighted by molar-refractivity contribution is 0.523. The third-order valence-electron chi connectivity index (χ3n) is 3.09. The van der Waals surface area contributed by atoms with Gasteiger partial charge in [-0.2, -0.15) is 0 Å². The fraction of sp³-hybridized carbons (Fsp3) is 0.385. The van der Waals surface area contributed by atoms with E-state index < -0.39 is 0 Å². The average molecular weight is 219 g/mol. The predicted molar refractivity (Wildman–Crippen MR) is 60.9 cm³/mol. The first-order valence-electron chi connectivity index (χ1n) is 5.65. The summed E-state index contributed by atoms with van der Waals surface area (Å²) in [6.45, 7) is 0.710. The van der Waals surface area contributed by atoms with E-state index in [1.807, 2.05) is 7.05 Å². The van der Waals surface area contributed by atoms with Gasteiger partial charge in [-0.1, -0.05) is 0 Å². The van der Waals surface area contributed by atoms with Crippen molar-refractivity contribution in [2.24, 2.45) is 0 Å². The lowest BCUT2D eigenvalue weighted by Crippen LogP contribution is -2.05.